The summed E-state index contributed by atoms with van der Waals surface area (Å²) in [6, 6.07) is 11.1. The van der Waals surface area contributed by atoms with E-state index in [0.29, 0.717) is 11.3 Å². The first kappa shape index (κ1) is 13.4. The smallest absolute Gasteiger partial charge is 0.0123 e. The summed E-state index contributed by atoms with van der Waals surface area (Å²) in [5.74, 6) is 2.29. The first-order chi connectivity index (χ1) is 8.56. The maximum Gasteiger partial charge on any atom is -0.0123 e. The Balaban J connectivity index is 2.28. The van der Waals surface area contributed by atoms with E-state index in [4.69, 9.17) is 0 Å². The minimum absolute atomic E-state index is 0.325. The van der Waals surface area contributed by atoms with Crippen LogP contribution < -0.4 is 0 Å². The molecular formula is C18H26. The van der Waals surface area contributed by atoms with Crippen molar-refractivity contribution in [2.45, 2.75) is 46.0 Å². The standard InChI is InChI=1S/C18H26/c1-5-18(4)12-11-16(14(2)3)17(13-18)15-9-7-6-8-10-15/h5-10,14,16-17H,1,11-13H2,2-4H3. The molecule has 0 spiro atoms. The maximum atomic E-state index is 4.05. The van der Waals surface area contributed by atoms with Crippen LogP contribution in [0.2, 0.25) is 0 Å². The second kappa shape index (κ2) is 5.30. The molecule has 0 aromatic heterocycles. The molecule has 0 N–H and O–H groups in total. The molecule has 3 atom stereocenters. The molecule has 3 unspecified atom stereocenters. The minimum atomic E-state index is 0.325. The maximum absolute atomic E-state index is 4.05. The molecule has 0 amide bonds. The molecule has 98 valence electrons. The van der Waals surface area contributed by atoms with Gasteiger partial charge in [-0.3, -0.25) is 0 Å². The molecule has 0 nitrogen and oxygen atoms in total. The average molecular weight is 242 g/mol. The van der Waals surface area contributed by atoms with Crippen molar-refractivity contribution >= 4 is 0 Å². The molecule has 1 aliphatic rings. The number of benzene rings is 1. The highest BCUT2D eigenvalue weighted by Gasteiger charge is 2.37. The highest BCUT2D eigenvalue weighted by molar-refractivity contribution is 5.22. The van der Waals surface area contributed by atoms with E-state index in [9.17, 15) is 0 Å². The zero-order valence-corrected chi connectivity index (χ0v) is 12.0. The van der Waals surface area contributed by atoms with E-state index in [1.807, 2.05) is 0 Å². The largest absolute Gasteiger partial charge is 0.103 e. The third-order valence-corrected chi connectivity index (χ3v) is 4.83. The highest BCUT2D eigenvalue weighted by atomic mass is 14.4. The Kier molecular flexibility index (Phi) is 3.94. The van der Waals surface area contributed by atoms with Gasteiger partial charge in [-0.25, -0.2) is 0 Å². The molecule has 0 heteroatoms. The second-order valence-corrected chi connectivity index (χ2v) is 6.53. The van der Waals surface area contributed by atoms with Gasteiger partial charge < -0.3 is 0 Å². The molecule has 1 fully saturated rings. The van der Waals surface area contributed by atoms with Gasteiger partial charge in [0.15, 0.2) is 0 Å². The van der Waals surface area contributed by atoms with Crippen LogP contribution in [0.15, 0.2) is 43.0 Å². The molecule has 1 saturated carbocycles. The zero-order chi connectivity index (χ0) is 13.2. The molecule has 2 rings (SSSR count). The fourth-order valence-corrected chi connectivity index (χ4v) is 3.50. The summed E-state index contributed by atoms with van der Waals surface area (Å²) in [4.78, 5) is 0. The number of hydrogen-bond donors (Lipinski definition) is 0. The van der Waals surface area contributed by atoms with Crippen LogP contribution in [-0.4, -0.2) is 0 Å². The summed E-state index contributed by atoms with van der Waals surface area (Å²) in [5, 5.41) is 0. The Morgan fingerprint density at radius 1 is 1.28 bits per heavy atom. The van der Waals surface area contributed by atoms with Crippen LogP contribution >= 0.6 is 0 Å². The first-order valence-corrected chi connectivity index (χ1v) is 7.24. The van der Waals surface area contributed by atoms with Crippen LogP contribution in [0.25, 0.3) is 0 Å². The quantitative estimate of drug-likeness (QED) is 0.621. The summed E-state index contributed by atoms with van der Waals surface area (Å²) >= 11 is 0. The summed E-state index contributed by atoms with van der Waals surface area (Å²) in [7, 11) is 0. The van der Waals surface area contributed by atoms with Crippen LogP contribution in [0.4, 0.5) is 0 Å². The molecule has 1 aliphatic carbocycles. The molecule has 1 aromatic carbocycles. The van der Waals surface area contributed by atoms with E-state index in [1.54, 1.807) is 0 Å². The van der Waals surface area contributed by atoms with E-state index in [-0.39, 0.29) is 0 Å². The van der Waals surface area contributed by atoms with E-state index in [2.05, 4.69) is 63.8 Å². The first-order valence-electron chi connectivity index (χ1n) is 7.24. The lowest BCUT2D eigenvalue weighted by atomic mass is 9.62. The van der Waals surface area contributed by atoms with Gasteiger partial charge in [0, 0.05) is 0 Å². The van der Waals surface area contributed by atoms with Crippen molar-refractivity contribution in [3.05, 3.63) is 48.6 Å². The summed E-state index contributed by atoms with van der Waals surface area (Å²) in [5.41, 5.74) is 1.84. The molecule has 0 heterocycles. The van der Waals surface area contributed by atoms with Crippen molar-refractivity contribution in [2.24, 2.45) is 17.3 Å². The van der Waals surface area contributed by atoms with E-state index in [1.165, 1.54) is 24.8 Å². The lowest BCUT2D eigenvalue weighted by Crippen LogP contribution is -2.31. The second-order valence-electron chi connectivity index (χ2n) is 6.53. The van der Waals surface area contributed by atoms with E-state index >= 15 is 0 Å². The van der Waals surface area contributed by atoms with Gasteiger partial charge in [0.2, 0.25) is 0 Å². The number of rotatable bonds is 3. The monoisotopic (exact) mass is 242 g/mol. The van der Waals surface area contributed by atoms with Crippen LogP contribution in [0, 0.1) is 17.3 Å². The predicted molar refractivity (Wildman–Crippen MR) is 79.7 cm³/mol. The lowest BCUT2D eigenvalue weighted by Gasteiger charge is -2.43. The van der Waals surface area contributed by atoms with Crippen molar-refractivity contribution in [2.75, 3.05) is 0 Å². The van der Waals surface area contributed by atoms with Crippen LogP contribution in [-0.2, 0) is 0 Å². The van der Waals surface area contributed by atoms with Crippen LogP contribution in [0.1, 0.15) is 51.5 Å². The van der Waals surface area contributed by atoms with Crippen LogP contribution in [0.3, 0.4) is 0 Å². The van der Waals surface area contributed by atoms with Gasteiger partial charge in [0.05, 0.1) is 0 Å². The number of hydrogen-bond acceptors (Lipinski definition) is 0. The molecular weight excluding hydrogens is 216 g/mol. The lowest BCUT2D eigenvalue weighted by molar-refractivity contribution is 0.153. The van der Waals surface area contributed by atoms with Gasteiger partial charge in [-0.1, -0.05) is 57.2 Å². The Hall–Kier alpha value is -1.04. The van der Waals surface area contributed by atoms with Gasteiger partial charge in [-0.2, -0.15) is 0 Å². The SMILES string of the molecule is C=CC1(C)CCC(C(C)C)C(c2ccccc2)C1. The predicted octanol–water partition coefficient (Wildman–Crippen LogP) is 5.42. The van der Waals surface area contributed by atoms with E-state index < -0.39 is 0 Å². The fraction of sp³-hybridized carbons (Fsp3) is 0.556. The van der Waals surface area contributed by atoms with Crippen molar-refractivity contribution in [1.82, 2.24) is 0 Å². The van der Waals surface area contributed by atoms with Crippen LogP contribution in [0.5, 0.6) is 0 Å². The van der Waals surface area contributed by atoms with Crippen molar-refractivity contribution in [3.8, 4) is 0 Å². The highest BCUT2D eigenvalue weighted by Crippen LogP contribution is 2.49. The third-order valence-electron chi connectivity index (χ3n) is 4.83. The summed E-state index contributed by atoms with van der Waals surface area (Å²) in [6.45, 7) is 11.2. The van der Waals surface area contributed by atoms with Gasteiger partial charge in [-0.05, 0) is 48.0 Å². The van der Waals surface area contributed by atoms with Gasteiger partial charge in [0.25, 0.3) is 0 Å². The third kappa shape index (κ3) is 2.68. The van der Waals surface area contributed by atoms with Gasteiger partial charge >= 0.3 is 0 Å². The number of allylic oxidation sites excluding steroid dienone is 1. The summed E-state index contributed by atoms with van der Waals surface area (Å²) in [6.07, 6.45) is 6.06. The molecule has 0 radical (unpaired) electrons. The molecule has 18 heavy (non-hydrogen) atoms. The van der Waals surface area contributed by atoms with E-state index in [0.717, 1.165) is 11.8 Å². The Morgan fingerprint density at radius 3 is 2.50 bits per heavy atom. The Labute approximate surface area is 112 Å². The van der Waals surface area contributed by atoms with Gasteiger partial charge in [-0.15, -0.1) is 6.58 Å². The average Bonchev–Trinajstić information content (AvgIpc) is 2.39. The Morgan fingerprint density at radius 2 is 1.94 bits per heavy atom. The minimum Gasteiger partial charge on any atom is -0.103 e. The fourth-order valence-electron chi connectivity index (χ4n) is 3.50. The summed E-state index contributed by atoms with van der Waals surface area (Å²) < 4.78 is 0. The van der Waals surface area contributed by atoms with Gasteiger partial charge in [0.1, 0.15) is 0 Å². The van der Waals surface area contributed by atoms with Crippen molar-refractivity contribution in [1.29, 1.82) is 0 Å². The Bertz CT molecular complexity index is 390. The van der Waals surface area contributed by atoms with Crippen molar-refractivity contribution < 1.29 is 0 Å². The molecule has 0 aliphatic heterocycles. The molecule has 0 saturated heterocycles. The normalized spacial score (nSPS) is 32.4. The molecule has 1 aromatic rings. The van der Waals surface area contributed by atoms with Crippen molar-refractivity contribution in [3.63, 3.8) is 0 Å². The zero-order valence-electron chi connectivity index (χ0n) is 12.0. The molecule has 0 bridgehead atoms. The topological polar surface area (TPSA) is 0 Å².